The Morgan fingerprint density at radius 1 is 1.39 bits per heavy atom. The number of fused-ring (bicyclic) bond motifs is 1. The third-order valence-corrected chi connectivity index (χ3v) is 3.98. The summed E-state index contributed by atoms with van der Waals surface area (Å²) in [5, 5.41) is 4.29. The number of carbonyl (C=O) groups excluding carboxylic acids is 1. The van der Waals surface area contributed by atoms with Crippen molar-refractivity contribution >= 4 is 28.4 Å². The van der Waals surface area contributed by atoms with Gasteiger partial charge in [-0.3, -0.25) is 9.78 Å². The van der Waals surface area contributed by atoms with Crippen LogP contribution in [0.5, 0.6) is 5.75 Å². The summed E-state index contributed by atoms with van der Waals surface area (Å²) in [5.41, 5.74) is 6.25. The van der Waals surface area contributed by atoms with E-state index in [1.165, 1.54) is 0 Å². The zero-order chi connectivity index (χ0) is 17.0. The number of hydrogen-bond acceptors (Lipinski definition) is 4. The maximum absolute atomic E-state index is 12.1. The van der Waals surface area contributed by atoms with E-state index in [9.17, 15) is 4.79 Å². The van der Waals surface area contributed by atoms with Gasteiger partial charge in [0.05, 0.1) is 5.02 Å². The molecule has 23 heavy (non-hydrogen) atoms. The minimum Gasteiger partial charge on any atom is -0.481 e. The summed E-state index contributed by atoms with van der Waals surface area (Å²) in [6, 6.07) is 7.01. The average molecular weight is 336 g/mol. The molecule has 2 rings (SSSR count). The molecule has 0 aliphatic carbocycles. The topological polar surface area (TPSA) is 77.2 Å². The molecule has 0 fully saturated rings. The smallest absolute Gasteiger partial charge is 0.258 e. The van der Waals surface area contributed by atoms with Crippen LogP contribution in [0, 0.1) is 5.41 Å². The Bertz CT molecular complexity index is 698. The first-order valence-electron chi connectivity index (χ1n) is 7.48. The lowest BCUT2D eigenvalue weighted by Crippen LogP contribution is -2.49. The number of nitrogens with two attached hydrogens (primary N) is 1. The summed E-state index contributed by atoms with van der Waals surface area (Å²) in [5.74, 6) is 0.314. The number of nitrogens with zero attached hydrogens (tertiary/aromatic N) is 1. The fraction of sp³-hybridized carbons (Fsp3) is 0.412. The van der Waals surface area contributed by atoms with Gasteiger partial charge in [0.15, 0.2) is 6.61 Å². The van der Waals surface area contributed by atoms with Gasteiger partial charge in [0.1, 0.15) is 11.3 Å². The molecule has 1 atom stereocenters. The van der Waals surface area contributed by atoms with Gasteiger partial charge in [-0.05, 0) is 29.7 Å². The minimum atomic E-state index is -0.214. The van der Waals surface area contributed by atoms with Crippen molar-refractivity contribution in [1.82, 2.24) is 10.3 Å². The van der Waals surface area contributed by atoms with Crippen LogP contribution in [0.15, 0.2) is 30.5 Å². The molecule has 5 nitrogen and oxygen atoms in total. The predicted octanol–water partition coefficient (Wildman–Crippen LogP) is 2.76. The van der Waals surface area contributed by atoms with Crippen LogP contribution in [0.3, 0.4) is 0 Å². The van der Waals surface area contributed by atoms with Crippen molar-refractivity contribution in [2.45, 2.75) is 26.8 Å². The second-order valence-electron chi connectivity index (χ2n) is 6.46. The Hall–Kier alpha value is -1.85. The highest BCUT2D eigenvalue weighted by Crippen LogP contribution is 2.29. The van der Waals surface area contributed by atoms with E-state index >= 15 is 0 Å². The van der Waals surface area contributed by atoms with Crippen molar-refractivity contribution in [2.75, 3.05) is 13.2 Å². The van der Waals surface area contributed by atoms with Crippen LogP contribution in [0.2, 0.25) is 5.02 Å². The molecule has 1 heterocycles. The molecule has 2 aromatic rings. The van der Waals surface area contributed by atoms with E-state index < -0.39 is 0 Å². The van der Waals surface area contributed by atoms with E-state index in [0.29, 0.717) is 22.8 Å². The maximum Gasteiger partial charge on any atom is 0.258 e. The third-order valence-electron chi connectivity index (χ3n) is 3.65. The van der Waals surface area contributed by atoms with Crippen molar-refractivity contribution < 1.29 is 9.53 Å². The van der Waals surface area contributed by atoms with Gasteiger partial charge in [-0.1, -0.05) is 32.4 Å². The summed E-state index contributed by atoms with van der Waals surface area (Å²) in [7, 11) is 0. The van der Waals surface area contributed by atoms with E-state index in [1.54, 1.807) is 24.4 Å². The van der Waals surface area contributed by atoms with Crippen molar-refractivity contribution in [3.63, 3.8) is 0 Å². The van der Waals surface area contributed by atoms with Crippen molar-refractivity contribution in [3.05, 3.63) is 35.5 Å². The first-order valence-corrected chi connectivity index (χ1v) is 7.86. The van der Waals surface area contributed by atoms with Crippen LogP contribution in [0.4, 0.5) is 0 Å². The van der Waals surface area contributed by atoms with Gasteiger partial charge >= 0.3 is 0 Å². The lowest BCUT2D eigenvalue weighted by Gasteiger charge is -2.30. The fourth-order valence-electron chi connectivity index (χ4n) is 2.24. The number of pyridine rings is 1. The Morgan fingerprint density at radius 2 is 2.13 bits per heavy atom. The molecule has 0 saturated heterocycles. The minimum absolute atomic E-state index is 0.0973. The third kappa shape index (κ3) is 4.33. The van der Waals surface area contributed by atoms with Crippen LogP contribution >= 0.6 is 11.6 Å². The van der Waals surface area contributed by atoms with Crippen LogP contribution < -0.4 is 15.8 Å². The number of rotatable bonds is 5. The summed E-state index contributed by atoms with van der Waals surface area (Å²) >= 11 is 6.14. The quantitative estimate of drug-likeness (QED) is 0.880. The molecule has 6 heteroatoms. The van der Waals surface area contributed by atoms with Crippen LogP contribution in [-0.4, -0.2) is 30.1 Å². The molecule has 124 valence electrons. The normalized spacial score (nSPS) is 12.9. The molecule has 0 bridgehead atoms. The largest absolute Gasteiger partial charge is 0.481 e. The van der Waals surface area contributed by atoms with Gasteiger partial charge in [0, 0.05) is 24.2 Å². The SMILES string of the molecule is CC(C)(C)C(CN)NC(=O)COc1ccc(Cl)c2cccnc12. The Kier molecular flexibility index (Phi) is 5.44. The van der Waals surface area contributed by atoms with Crippen LogP contribution in [-0.2, 0) is 4.79 Å². The zero-order valence-electron chi connectivity index (χ0n) is 13.6. The van der Waals surface area contributed by atoms with E-state index in [-0.39, 0.29) is 24.0 Å². The zero-order valence-corrected chi connectivity index (χ0v) is 14.4. The second kappa shape index (κ2) is 7.15. The Balaban J connectivity index is 2.07. The number of benzene rings is 1. The predicted molar refractivity (Wildman–Crippen MR) is 92.7 cm³/mol. The Labute approximate surface area is 141 Å². The average Bonchev–Trinajstić information content (AvgIpc) is 2.51. The van der Waals surface area contributed by atoms with Gasteiger partial charge in [0.25, 0.3) is 5.91 Å². The molecule has 0 aliphatic heterocycles. The van der Waals surface area contributed by atoms with Gasteiger partial charge in [0.2, 0.25) is 0 Å². The van der Waals surface area contributed by atoms with Crippen LogP contribution in [0.25, 0.3) is 10.9 Å². The highest BCUT2D eigenvalue weighted by atomic mass is 35.5. The molecule has 1 aromatic heterocycles. The summed E-state index contributed by atoms with van der Waals surface area (Å²) in [6.07, 6.45) is 1.66. The molecule has 0 radical (unpaired) electrons. The highest BCUT2D eigenvalue weighted by Gasteiger charge is 2.25. The molecule has 3 N–H and O–H groups in total. The van der Waals surface area contributed by atoms with E-state index in [1.807, 2.05) is 26.8 Å². The lowest BCUT2D eigenvalue weighted by molar-refractivity contribution is -0.124. The molecule has 0 saturated carbocycles. The summed E-state index contributed by atoms with van der Waals surface area (Å²) < 4.78 is 5.62. The molecule has 1 unspecified atom stereocenters. The van der Waals surface area contributed by atoms with Crippen LogP contribution in [0.1, 0.15) is 20.8 Å². The number of halogens is 1. The van der Waals surface area contributed by atoms with Crippen molar-refractivity contribution in [1.29, 1.82) is 0 Å². The van der Waals surface area contributed by atoms with E-state index in [0.717, 1.165) is 5.39 Å². The lowest BCUT2D eigenvalue weighted by atomic mass is 9.87. The molecule has 0 spiro atoms. The van der Waals surface area contributed by atoms with Gasteiger partial charge in [-0.15, -0.1) is 0 Å². The standard InChI is InChI=1S/C17H22ClN3O2/c1-17(2,3)14(9-19)21-15(22)10-23-13-7-6-12(18)11-5-4-8-20-16(11)13/h4-8,14H,9-10,19H2,1-3H3,(H,21,22). The highest BCUT2D eigenvalue weighted by molar-refractivity contribution is 6.35. The maximum atomic E-state index is 12.1. The monoisotopic (exact) mass is 335 g/mol. The van der Waals surface area contributed by atoms with Gasteiger partial charge in [-0.25, -0.2) is 0 Å². The number of carbonyl (C=O) groups is 1. The number of nitrogens with one attached hydrogen (secondary N) is 1. The first kappa shape index (κ1) is 17.5. The van der Waals surface area contributed by atoms with E-state index in [4.69, 9.17) is 22.1 Å². The first-order chi connectivity index (χ1) is 10.8. The fourth-order valence-corrected chi connectivity index (χ4v) is 2.45. The second-order valence-corrected chi connectivity index (χ2v) is 6.86. The molecular formula is C17H22ClN3O2. The van der Waals surface area contributed by atoms with E-state index in [2.05, 4.69) is 10.3 Å². The molecular weight excluding hydrogens is 314 g/mol. The number of aromatic nitrogens is 1. The molecule has 0 aliphatic rings. The summed E-state index contributed by atoms with van der Waals surface area (Å²) in [4.78, 5) is 16.4. The molecule has 1 aromatic carbocycles. The van der Waals surface area contributed by atoms with Crippen molar-refractivity contribution in [2.24, 2.45) is 11.1 Å². The number of ether oxygens (including phenoxy) is 1. The van der Waals surface area contributed by atoms with Crippen molar-refractivity contribution in [3.8, 4) is 5.75 Å². The molecule has 1 amide bonds. The summed E-state index contributed by atoms with van der Waals surface area (Å²) in [6.45, 7) is 6.37. The number of amides is 1. The Morgan fingerprint density at radius 3 is 2.78 bits per heavy atom. The van der Waals surface area contributed by atoms with Gasteiger partial charge in [-0.2, -0.15) is 0 Å². The van der Waals surface area contributed by atoms with Gasteiger partial charge < -0.3 is 15.8 Å². The number of hydrogen-bond donors (Lipinski definition) is 2.